The molecule has 1 fully saturated rings. The summed E-state index contributed by atoms with van der Waals surface area (Å²) in [6, 6.07) is 11.0. The number of amides is 1. The quantitative estimate of drug-likeness (QED) is 0.789. The molecule has 6 heteroatoms. The van der Waals surface area contributed by atoms with Gasteiger partial charge >= 0.3 is 0 Å². The fourth-order valence-corrected chi connectivity index (χ4v) is 3.53. The molecule has 1 saturated heterocycles. The van der Waals surface area contributed by atoms with Crippen molar-refractivity contribution in [1.29, 1.82) is 0 Å². The lowest BCUT2D eigenvalue weighted by atomic mass is 10.1. The first-order valence-electron chi connectivity index (χ1n) is 9.29. The van der Waals surface area contributed by atoms with E-state index in [-0.39, 0.29) is 17.6 Å². The van der Waals surface area contributed by atoms with Gasteiger partial charge in [0.25, 0.3) is 5.56 Å². The number of hydrogen-bond donors (Lipinski definition) is 0. The van der Waals surface area contributed by atoms with E-state index in [1.807, 2.05) is 42.2 Å². The number of halogens is 1. The number of pyridine rings is 1. The first kappa shape index (κ1) is 19.5. The van der Waals surface area contributed by atoms with Crippen molar-refractivity contribution < 1.29 is 9.53 Å². The van der Waals surface area contributed by atoms with Gasteiger partial charge in [-0.3, -0.25) is 9.59 Å². The Morgan fingerprint density at radius 2 is 1.96 bits per heavy atom. The van der Waals surface area contributed by atoms with Gasteiger partial charge in [0.05, 0.1) is 0 Å². The molecule has 0 spiro atoms. The predicted molar refractivity (Wildman–Crippen MR) is 106 cm³/mol. The van der Waals surface area contributed by atoms with E-state index >= 15 is 0 Å². The highest BCUT2D eigenvalue weighted by atomic mass is 35.5. The molecule has 2 aromatic rings. The standard InChI is InChI=1S/C21H25ClN2O3/c1-15-12-19(14-21(26)23(15)2)27-18-8-10-24(11-9-18)20(25)7-6-16-4-3-5-17(22)13-16/h3-5,12-14,18H,6-11H2,1-2H3. The molecule has 1 aromatic carbocycles. The van der Waals surface area contributed by atoms with Crippen molar-refractivity contribution in [2.75, 3.05) is 13.1 Å². The maximum atomic E-state index is 12.5. The van der Waals surface area contributed by atoms with E-state index in [2.05, 4.69) is 0 Å². The van der Waals surface area contributed by atoms with Gasteiger partial charge in [-0.15, -0.1) is 0 Å². The number of aromatic nitrogens is 1. The summed E-state index contributed by atoms with van der Waals surface area (Å²) in [6.45, 7) is 3.25. The van der Waals surface area contributed by atoms with E-state index in [9.17, 15) is 9.59 Å². The number of likely N-dealkylation sites (tertiary alicyclic amines) is 1. The molecule has 3 rings (SSSR count). The van der Waals surface area contributed by atoms with Crippen LogP contribution in [0.1, 0.15) is 30.5 Å². The summed E-state index contributed by atoms with van der Waals surface area (Å²) in [5, 5.41) is 0.698. The van der Waals surface area contributed by atoms with Crippen LogP contribution in [0.5, 0.6) is 5.75 Å². The number of carbonyl (C=O) groups excluding carboxylic acids is 1. The third-order valence-corrected chi connectivity index (χ3v) is 5.33. The lowest BCUT2D eigenvalue weighted by Crippen LogP contribution is -2.42. The molecule has 5 nitrogen and oxygen atoms in total. The molecule has 1 aliphatic rings. The van der Waals surface area contributed by atoms with Gasteiger partial charge in [-0.1, -0.05) is 23.7 Å². The van der Waals surface area contributed by atoms with Gasteiger partial charge in [-0.25, -0.2) is 0 Å². The normalized spacial score (nSPS) is 15.0. The van der Waals surface area contributed by atoms with Crippen LogP contribution in [0.25, 0.3) is 0 Å². The number of hydrogen-bond acceptors (Lipinski definition) is 3. The minimum Gasteiger partial charge on any atom is -0.490 e. The molecular weight excluding hydrogens is 364 g/mol. The van der Waals surface area contributed by atoms with Crippen LogP contribution in [0.4, 0.5) is 0 Å². The number of ether oxygens (including phenoxy) is 1. The van der Waals surface area contributed by atoms with Crippen LogP contribution in [-0.4, -0.2) is 34.6 Å². The van der Waals surface area contributed by atoms with Crippen LogP contribution in [0.3, 0.4) is 0 Å². The average Bonchev–Trinajstić information content (AvgIpc) is 2.65. The molecule has 1 amide bonds. The SMILES string of the molecule is Cc1cc(OC2CCN(C(=O)CCc3cccc(Cl)c3)CC2)cc(=O)n1C. The number of aryl methyl sites for hydroxylation is 2. The summed E-state index contributed by atoms with van der Waals surface area (Å²) in [5.41, 5.74) is 1.87. The van der Waals surface area contributed by atoms with Gasteiger partial charge in [-0.2, -0.15) is 0 Å². The molecular formula is C21H25ClN2O3. The maximum absolute atomic E-state index is 12.5. The largest absolute Gasteiger partial charge is 0.490 e. The number of piperidine rings is 1. The van der Waals surface area contributed by atoms with E-state index in [0.717, 1.165) is 24.1 Å². The Hall–Kier alpha value is -2.27. The van der Waals surface area contributed by atoms with E-state index < -0.39 is 0 Å². The van der Waals surface area contributed by atoms with Crippen LogP contribution < -0.4 is 10.3 Å². The molecule has 0 unspecified atom stereocenters. The Morgan fingerprint density at radius 3 is 2.63 bits per heavy atom. The van der Waals surface area contributed by atoms with Gasteiger partial charge in [0.1, 0.15) is 11.9 Å². The Labute approximate surface area is 164 Å². The molecule has 0 aliphatic carbocycles. The fourth-order valence-electron chi connectivity index (χ4n) is 3.32. The Balaban J connectivity index is 1.48. The van der Waals surface area contributed by atoms with Gasteiger partial charge in [0.2, 0.25) is 5.91 Å². The third-order valence-electron chi connectivity index (χ3n) is 5.09. The van der Waals surface area contributed by atoms with E-state index in [1.165, 1.54) is 6.07 Å². The second-order valence-corrected chi connectivity index (χ2v) is 7.49. The molecule has 0 bridgehead atoms. The highest BCUT2D eigenvalue weighted by molar-refractivity contribution is 6.30. The molecule has 144 valence electrons. The first-order chi connectivity index (χ1) is 12.9. The highest BCUT2D eigenvalue weighted by Gasteiger charge is 2.24. The molecule has 0 atom stereocenters. The molecule has 1 aliphatic heterocycles. The van der Waals surface area contributed by atoms with Crippen molar-refractivity contribution >= 4 is 17.5 Å². The molecule has 0 saturated carbocycles. The number of carbonyl (C=O) groups is 1. The summed E-state index contributed by atoms with van der Waals surface area (Å²) in [5.74, 6) is 0.777. The lowest BCUT2D eigenvalue weighted by Gasteiger charge is -2.32. The van der Waals surface area contributed by atoms with Gasteiger partial charge in [0, 0.05) is 56.2 Å². The minimum atomic E-state index is -0.0707. The maximum Gasteiger partial charge on any atom is 0.254 e. The fraction of sp³-hybridized carbons (Fsp3) is 0.429. The zero-order valence-electron chi connectivity index (χ0n) is 15.8. The van der Waals surface area contributed by atoms with Crippen LogP contribution in [0.2, 0.25) is 5.02 Å². The summed E-state index contributed by atoms with van der Waals surface area (Å²) in [6.07, 6.45) is 2.77. The minimum absolute atomic E-state index is 0.0356. The topological polar surface area (TPSA) is 51.5 Å². The number of benzene rings is 1. The van der Waals surface area contributed by atoms with Gasteiger partial charge < -0.3 is 14.2 Å². The van der Waals surface area contributed by atoms with Gasteiger partial charge in [0.15, 0.2) is 0 Å². The Kier molecular flexibility index (Phi) is 6.22. The molecule has 0 N–H and O–H groups in total. The molecule has 27 heavy (non-hydrogen) atoms. The summed E-state index contributed by atoms with van der Waals surface area (Å²) in [7, 11) is 1.74. The van der Waals surface area contributed by atoms with Crippen LogP contribution in [0.15, 0.2) is 41.2 Å². The predicted octanol–water partition coefficient (Wildman–Crippen LogP) is 3.35. The zero-order chi connectivity index (χ0) is 19.4. The summed E-state index contributed by atoms with van der Waals surface area (Å²) in [4.78, 5) is 26.2. The molecule has 1 aromatic heterocycles. The number of rotatable bonds is 5. The molecule has 2 heterocycles. The van der Waals surface area contributed by atoms with E-state index in [1.54, 1.807) is 11.6 Å². The lowest BCUT2D eigenvalue weighted by molar-refractivity contribution is -0.132. The van der Waals surface area contributed by atoms with E-state index in [0.29, 0.717) is 36.7 Å². The van der Waals surface area contributed by atoms with Crippen molar-refractivity contribution in [1.82, 2.24) is 9.47 Å². The first-order valence-corrected chi connectivity index (χ1v) is 9.67. The van der Waals surface area contributed by atoms with Crippen molar-refractivity contribution in [3.8, 4) is 5.75 Å². The Morgan fingerprint density at radius 1 is 1.22 bits per heavy atom. The molecule has 0 radical (unpaired) electrons. The van der Waals surface area contributed by atoms with E-state index in [4.69, 9.17) is 16.3 Å². The monoisotopic (exact) mass is 388 g/mol. The number of nitrogens with zero attached hydrogens (tertiary/aromatic N) is 2. The van der Waals surface area contributed by atoms with Crippen molar-refractivity contribution in [2.45, 2.75) is 38.7 Å². The van der Waals surface area contributed by atoms with Crippen LogP contribution in [-0.2, 0) is 18.3 Å². The average molecular weight is 389 g/mol. The smallest absolute Gasteiger partial charge is 0.254 e. The van der Waals surface area contributed by atoms with Crippen molar-refractivity contribution in [3.05, 3.63) is 63.0 Å². The second kappa shape index (κ2) is 8.61. The summed E-state index contributed by atoms with van der Waals surface area (Å²) >= 11 is 5.99. The van der Waals surface area contributed by atoms with Crippen LogP contribution in [0, 0.1) is 6.92 Å². The zero-order valence-corrected chi connectivity index (χ0v) is 16.5. The van der Waals surface area contributed by atoms with Crippen molar-refractivity contribution in [2.24, 2.45) is 7.05 Å². The second-order valence-electron chi connectivity index (χ2n) is 7.06. The Bertz CT molecular complexity index is 870. The van der Waals surface area contributed by atoms with Crippen LogP contribution >= 0.6 is 11.6 Å². The summed E-state index contributed by atoms with van der Waals surface area (Å²) < 4.78 is 7.57. The van der Waals surface area contributed by atoms with Crippen molar-refractivity contribution in [3.63, 3.8) is 0 Å². The van der Waals surface area contributed by atoms with Gasteiger partial charge in [-0.05, 0) is 37.1 Å². The highest BCUT2D eigenvalue weighted by Crippen LogP contribution is 2.20. The third kappa shape index (κ3) is 5.13.